The standard InChI is InChI=1S/C46H59BNO14/c1-10-21-47-62-35-32-25(2)29(58-40(54)34(51)33(27-17-13-11-14-18-27)48-41(55)61-42(4,5)6)23-46(56,43(32,7)8)38(59-39(53)28-19-15-12-16-20-28)36-44(9,37(35)52)30(50)22-31-45(36,24-57-31)60-26(3)49/h11-20,29-31,33-36,38,50-51,56H,10,21-24H2,1-9H3,(H,48,55)/t29-,30?,31+,33-,34+,35+,36-,38-,44+,45-,46+/m0/s1. The Morgan fingerprint density at radius 2 is 1.63 bits per heavy atom. The van der Waals surface area contributed by atoms with Gasteiger partial charge in [-0.2, -0.15) is 0 Å². The van der Waals surface area contributed by atoms with E-state index in [1.165, 1.54) is 33.5 Å². The van der Waals surface area contributed by atoms with Crippen LogP contribution < -0.4 is 5.32 Å². The fraction of sp³-hybridized carbons (Fsp3) is 0.587. The van der Waals surface area contributed by atoms with Crippen LogP contribution in [0, 0.1) is 16.7 Å². The van der Waals surface area contributed by atoms with Crippen LogP contribution in [0.3, 0.4) is 0 Å². The van der Waals surface area contributed by atoms with Gasteiger partial charge in [0.1, 0.15) is 35.6 Å². The number of carbonyl (C=O) groups is 5. The van der Waals surface area contributed by atoms with Crippen LogP contribution in [-0.4, -0.2) is 113 Å². The molecule has 335 valence electrons. The lowest BCUT2D eigenvalue weighted by Crippen LogP contribution is -2.82. The number of nitrogens with one attached hydrogen (secondary N) is 1. The van der Waals surface area contributed by atoms with Gasteiger partial charge in [0.05, 0.1) is 35.6 Å². The summed E-state index contributed by atoms with van der Waals surface area (Å²) < 4.78 is 36.5. The zero-order valence-corrected chi connectivity index (χ0v) is 36.8. The number of aliphatic hydroxyl groups excluding tert-OH is 2. The van der Waals surface area contributed by atoms with Gasteiger partial charge in [-0.05, 0) is 63.5 Å². The first-order valence-corrected chi connectivity index (χ1v) is 21.2. The number of amides is 1. The molecule has 15 nitrogen and oxygen atoms in total. The van der Waals surface area contributed by atoms with Crippen LogP contribution in [0.25, 0.3) is 0 Å². The summed E-state index contributed by atoms with van der Waals surface area (Å²) in [6.07, 6.45) is -9.53. The number of carbonyl (C=O) groups excluding carboxylic acids is 5. The molecule has 1 radical (unpaired) electrons. The Kier molecular flexibility index (Phi) is 13.2. The molecule has 4 aliphatic rings. The lowest BCUT2D eigenvalue weighted by Gasteiger charge is -2.67. The number of ketones is 1. The van der Waals surface area contributed by atoms with Gasteiger partial charge in [0, 0.05) is 25.2 Å². The Morgan fingerprint density at radius 1 is 1.00 bits per heavy atom. The minimum Gasteiger partial charge on any atom is -0.456 e. The third kappa shape index (κ3) is 8.32. The molecule has 1 unspecified atom stereocenters. The Hall–Kier alpha value is -4.61. The molecule has 2 aromatic carbocycles. The number of hydrogen-bond donors (Lipinski definition) is 4. The molecule has 1 amide bonds. The summed E-state index contributed by atoms with van der Waals surface area (Å²) in [5.74, 6) is -4.92. The summed E-state index contributed by atoms with van der Waals surface area (Å²) in [7, 11) is 1.48. The van der Waals surface area contributed by atoms with Gasteiger partial charge < -0.3 is 49.0 Å². The van der Waals surface area contributed by atoms with E-state index in [0.29, 0.717) is 23.9 Å². The van der Waals surface area contributed by atoms with Crippen molar-refractivity contribution in [3.05, 3.63) is 82.9 Å². The van der Waals surface area contributed by atoms with Gasteiger partial charge in [-0.15, -0.1) is 0 Å². The molecule has 2 saturated carbocycles. The van der Waals surface area contributed by atoms with Crippen molar-refractivity contribution >= 4 is 37.3 Å². The summed E-state index contributed by atoms with van der Waals surface area (Å²) in [5, 5.41) is 40.2. The molecule has 4 N–H and O–H groups in total. The molecule has 16 heteroatoms. The molecule has 11 atom stereocenters. The molecule has 0 spiro atoms. The number of rotatable bonds is 12. The van der Waals surface area contributed by atoms with Gasteiger partial charge in [-0.25, -0.2) is 14.4 Å². The van der Waals surface area contributed by atoms with Gasteiger partial charge >= 0.3 is 24.0 Å². The number of Topliss-reactive ketones (excluding diaryl/α,β-unsaturated/α-hetero) is 1. The maximum absolute atomic E-state index is 15.6. The van der Waals surface area contributed by atoms with Crippen LogP contribution in [0.4, 0.5) is 4.79 Å². The molecular weight excluding hydrogens is 801 g/mol. The molecule has 2 bridgehead atoms. The fourth-order valence-corrected chi connectivity index (χ4v) is 9.94. The van der Waals surface area contributed by atoms with Crippen LogP contribution in [-0.2, 0) is 42.7 Å². The predicted octanol–water partition coefficient (Wildman–Crippen LogP) is 4.73. The number of aliphatic hydroxyl groups is 3. The van der Waals surface area contributed by atoms with E-state index in [2.05, 4.69) is 5.32 Å². The molecule has 1 heterocycles. The monoisotopic (exact) mass is 860 g/mol. The lowest BCUT2D eigenvalue weighted by molar-refractivity contribution is -0.345. The van der Waals surface area contributed by atoms with Crippen molar-refractivity contribution in [2.75, 3.05) is 6.61 Å². The van der Waals surface area contributed by atoms with E-state index >= 15 is 4.79 Å². The maximum Gasteiger partial charge on any atom is 0.408 e. The van der Waals surface area contributed by atoms with E-state index in [1.54, 1.807) is 90.1 Å². The van der Waals surface area contributed by atoms with Crippen molar-refractivity contribution in [2.24, 2.45) is 16.7 Å². The number of benzene rings is 2. The highest BCUT2D eigenvalue weighted by molar-refractivity contribution is 6.27. The van der Waals surface area contributed by atoms with E-state index in [4.69, 9.17) is 28.3 Å². The average Bonchev–Trinajstić information content (AvgIpc) is 3.20. The second-order valence-electron chi connectivity index (χ2n) is 18.6. The van der Waals surface area contributed by atoms with Crippen LogP contribution in [0.2, 0.25) is 6.32 Å². The largest absolute Gasteiger partial charge is 0.456 e. The van der Waals surface area contributed by atoms with Crippen molar-refractivity contribution < 1.29 is 67.6 Å². The second kappa shape index (κ2) is 17.5. The fourth-order valence-electron chi connectivity index (χ4n) is 9.94. The highest BCUT2D eigenvalue weighted by Crippen LogP contribution is 2.64. The Morgan fingerprint density at radius 3 is 2.19 bits per heavy atom. The highest BCUT2D eigenvalue weighted by atomic mass is 16.6. The number of alkyl carbamates (subject to hydrolysis) is 1. The summed E-state index contributed by atoms with van der Waals surface area (Å²) in [6.45, 7) is 14.3. The molecule has 2 aromatic rings. The van der Waals surface area contributed by atoms with Crippen LogP contribution in [0.5, 0.6) is 0 Å². The molecule has 3 fully saturated rings. The van der Waals surface area contributed by atoms with E-state index in [9.17, 15) is 34.5 Å². The number of ether oxygens (including phenoxy) is 5. The summed E-state index contributed by atoms with van der Waals surface area (Å²) in [4.78, 5) is 70.4. The predicted molar refractivity (Wildman–Crippen MR) is 223 cm³/mol. The van der Waals surface area contributed by atoms with Crippen LogP contribution >= 0.6 is 0 Å². The normalized spacial score (nSPS) is 32.2. The summed E-state index contributed by atoms with van der Waals surface area (Å²) >= 11 is 0. The minimum atomic E-state index is -2.29. The minimum absolute atomic E-state index is 0.108. The van der Waals surface area contributed by atoms with Gasteiger partial charge in [0.25, 0.3) is 7.48 Å². The van der Waals surface area contributed by atoms with Gasteiger partial charge in [0.2, 0.25) is 0 Å². The average molecular weight is 861 g/mol. The zero-order chi connectivity index (χ0) is 45.6. The first-order valence-electron chi connectivity index (χ1n) is 21.2. The Balaban J connectivity index is 1.53. The van der Waals surface area contributed by atoms with Gasteiger partial charge in [-0.3, -0.25) is 9.59 Å². The number of fused-ring (bicyclic) bond motifs is 5. The molecule has 62 heavy (non-hydrogen) atoms. The van der Waals surface area contributed by atoms with Crippen molar-refractivity contribution in [2.45, 2.75) is 147 Å². The molecule has 1 saturated heterocycles. The van der Waals surface area contributed by atoms with E-state index < -0.39 is 112 Å². The van der Waals surface area contributed by atoms with E-state index in [0.717, 1.165) is 0 Å². The SMILES string of the molecule is CCC[B]O[C@H]1C(=O)[C@]2(C)C(O)C[C@H]3OC[C@@]3(OC(C)=O)[C@H]2[C@H](OC(=O)c2ccccc2)[C@]2(O)C[C@H](OC(=O)[C@H](O)[C@@H](NC(=O)OC(C)(C)C)c3ccccc3)C(C)=C1C2(C)C. The molecule has 0 aromatic heterocycles. The smallest absolute Gasteiger partial charge is 0.408 e. The van der Waals surface area contributed by atoms with Crippen LogP contribution in [0.1, 0.15) is 104 Å². The number of hydrogen-bond acceptors (Lipinski definition) is 14. The summed E-state index contributed by atoms with van der Waals surface area (Å²) in [5.41, 5.74) is -7.37. The third-order valence-electron chi connectivity index (χ3n) is 13.2. The maximum atomic E-state index is 15.6. The first-order chi connectivity index (χ1) is 29.0. The van der Waals surface area contributed by atoms with E-state index in [1.807, 2.05) is 6.92 Å². The molecule has 3 aliphatic carbocycles. The van der Waals surface area contributed by atoms with Crippen molar-refractivity contribution in [1.29, 1.82) is 0 Å². The quantitative estimate of drug-likeness (QED) is 0.0747. The highest BCUT2D eigenvalue weighted by Gasteiger charge is 2.78. The molecular formula is C46H59BNO14. The van der Waals surface area contributed by atoms with Crippen molar-refractivity contribution in [1.82, 2.24) is 5.32 Å². The summed E-state index contributed by atoms with van der Waals surface area (Å²) in [6, 6.07) is 14.9. The molecule has 6 rings (SSSR count). The van der Waals surface area contributed by atoms with Crippen molar-refractivity contribution in [3.63, 3.8) is 0 Å². The Labute approximate surface area is 363 Å². The topological polar surface area (TPSA) is 213 Å². The van der Waals surface area contributed by atoms with Gasteiger partial charge in [0.15, 0.2) is 17.5 Å². The third-order valence-corrected chi connectivity index (χ3v) is 13.2. The van der Waals surface area contributed by atoms with Crippen LogP contribution in [0.15, 0.2) is 71.8 Å². The van der Waals surface area contributed by atoms with Crippen molar-refractivity contribution in [3.8, 4) is 0 Å². The molecule has 1 aliphatic heterocycles. The second-order valence-corrected chi connectivity index (χ2v) is 18.6. The van der Waals surface area contributed by atoms with E-state index in [-0.39, 0.29) is 24.2 Å². The Bertz CT molecular complexity index is 2050. The van der Waals surface area contributed by atoms with Gasteiger partial charge in [-0.1, -0.05) is 82.0 Å². The number of esters is 3. The zero-order valence-electron chi connectivity index (χ0n) is 36.8. The lowest BCUT2D eigenvalue weighted by atomic mass is 9.44. The first kappa shape index (κ1) is 46.9.